The Hall–Kier alpha value is -2.31. The number of nitrogens with zero attached hydrogens (tertiary/aromatic N) is 3. The van der Waals surface area contributed by atoms with Crippen molar-refractivity contribution >= 4 is 5.91 Å². The molecule has 112 valence electrons. The van der Waals surface area contributed by atoms with Crippen LogP contribution in [0.4, 0.5) is 13.2 Å². The summed E-state index contributed by atoms with van der Waals surface area (Å²) in [7, 11) is 3.29. The number of benzene rings is 1. The summed E-state index contributed by atoms with van der Waals surface area (Å²) >= 11 is 0. The molecule has 1 amide bonds. The summed E-state index contributed by atoms with van der Waals surface area (Å²) in [5.41, 5.74) is 0.363. The van der Waals surface area contributed by atoms with Gasteiger partial charge in [-0.05, 0) is 17.7 Å². The fourth-order valence-electron chi connectivity index (χ4n) is 1.90. The highest BCUT2D eigenvalue weighted by Gasteiger charge is 2.30. The van der Waals surface area contributed by atoms with Gasteiger partial charge in [-0.2, -0.15) is 18.3 Å². The van der Waals surface area contributed by atoms with Crippen LogP contribution >= 0.6 is 0 Å². The van der Waals surface area contributed by atoms with Crippen LogP contribution in [0.3, 0.4) is 0 Å². The number of alkyl halides is 3. The van der Waals surface area contributed by atoms with Crippen molar-refractivity contribution in [3.05, 3.63) is 53.3 Å². The Morgan fingerprint density at radius 3 is 2.38 bits per heavy atom. The van der Waals surface area contributed by atoms with Gasteiger partial charge in [0.05, 0.1) is 17.3 Å². The SMILES string of the molecule is CN(Cc1ccc(C(F)(F)F)cc1)C(=O)c1cnn(C)c1. The number of amides is 1. The quantitative estimate of drug-likeness (QED) is 0.873. The van der Waals surface area contributed by atoms with E-state index in [1.165, 1.54) is 27.9 Å². The third-order valence-corrected chi connectivity index (χ3v) is 3.00. The minimum atomic E-state index is -4.35. The maximum atomic E-state index is 12.5. The number of carbonyl (C=O) groups excluding carboxylic acids is 1. The van der Waals surface area contributed by atoms with Crippen LogP contribution in [0, 0.1) is 0 Å². The highest BCUT2D eigenvalue weighted by Crippen LogP contribution is 2.29. The molecule has 0 fully saturated rings. The summed E-state index contributed by atoms with van der Waals surface area (Å²) < 4.78 is 38.9. The number of rotatable bonds is 3. The standard InChI is InChI=1S/C14H14F3N3O/c1-19(13(21)11-7-18-20(2)9-11)8-10-3-5-12(6-4-10)14(15,16)17/h3-7,9H,8H2,1-2H3. The van der Waals surface area contributed by atoms with Crippen LogP contribution in [0.25, 0.3) is 0 Å². The first-order valence-corrected chi connectivity index (χ1v) is 6.17. The number of hydrogen-bond acceptors (Lipinski definition) is 2. The summed E-state index contributed by atoms with van der Waals surface area (Å²) in [5.74, 6) is -0.233. The highest BCUT2D eigenvalue weighted by molar-refractivity contribution is 5.93. The molecule has 4 nitrogen and oxygen atoms in total. The zero-order chi connectivity index (χ0) is 15.6. The molecule has 1 aromatic carbocycles. The number of carbonyl (C=O) groups is 1. The van der Waals surface area contributed by atoms with Gasteiger partial charge in [0, 0.05) is 26.8 Å². The molecule has 21 heavy (non-hydrogen) atoms. The molecule has 0 spiro atoms. The fraction of sp³-hybridized carbons (Fsp3) is 0.286. The van der Waals surface area contributed by atoms with E-state index >= 15 is 0 Å². The highest BCUT2D eigenvalue weighted by atomic mass is 19.4. The van der Waals surface area contributed by atoms with Crippen LogP contribution in [-0.2, 0) is 19.8 Å². The van der Waals surface area contributed by atoms with Gasteiger partial charge < -0.3 is 4.90 Å². The van der Waals surface area contributed by atoms with E-state index in [-0.39, 0.29) is 12.5 Å². The zero-order valence-corrected chi connectivity index (χ0v) is 11.6. The lowest BCUT2D eigenvalue weighted by Gasteiger charge is -2.16. The Morgan fingerprint density at radius 1 is 1.29 bits per heavy atom. The van der Waals surface area contributed by atoms with Crippen LogP contribution in [-0.4, -0.2) is 27.6 Å². The van der Waals surface area contributed by atoms with Gasteiger partial charge in [0.1, 0.15) is 0 Å². The number of halogens is 3. The van der Waals surface area contributed by atoms with Crippen molar-refractivity contribution in [2.24, 2.45) is 7.05 Å². The second kappa shape index (κ2) is 5.59. The Kier molecular flexibility index (Phi) is 4.02. The molecule has 1 heterocycles. The van der Waals surface area contributed by atoms with E-state index in [4.69, 9.17) is 0 Å². The van der Waals surface area contributed by atoms with Crippen molar-refractivity contribution in [2.75, 3.05) is 7.05 Å². The predicted octanol–water partition coefficient (Wildman–Crippen LogP) is 2.71. The van der Waals surface area contributed by atoms with Crippen molar-refractivity contribution < 1.29 is 18.0 Å². The molecule has 2 rings (SSSR count). The molecule has 2 aromatic rings. The van der Waals surface area contributed by atoms with Crippen LogP contribution in [0.15, 0.2) is 36.7 Å². The molecule has 0 bridgehead atoms. The van der Waals surface area contributed by atoms with E-state index in [0.717, 1.165) is 12.1 Å². The Bertz CT molecular complexity index is 632. The van der Waals surface area contributed by atoms with Crippen molar-refractivity contribution in [2.45, 2.75) is 12.7 Å². The Balaban J connectivity index is 2.06. The summed E-state index contributed by atoms with van der Waals surface area (Å²) in [5, 5.41) is 3.91. The normalized spacial score (nSPS) is 11.5. The third kappa shape index (κ3) is 3.62. The molecule has 0 saturated carbocycles. The molecule has 0 aliphatic carbocycles. The lowest BCUT2D eigenvalue weighted by Crippen LogP contribution is -2.25. The molecule has 1 aromatic heterocycles. The third-order valence-electron chi connectivity index (χ3n) is 3.00. The minimum absolute atomic E-state index is 0.228. The van der Waals surface area contributed by atoms with Crippen molar-refractivity contribution in [3.63, 3.8) is 0 Å². The molecule has 0 atom stereocenters. The molecule has 0 unspecified atom stereocenters. The van der Waals surface area contributed by atoms with Crippen LogP contribution in [0.5, 0.6) is 0 Å². The smallest absolute Gasteiger partial charge is 0.337 e. The maximum absolute atomic E-state index is 12.5. The largest absolute Gasteiger partial charge is 0.416 e. The topological polar surface area (TPSA) is 38.1 Å². The summed E-state index contributed by atoms with van der Waals surface area (Å²) in [6.07, 6.45) is -1.31. The number of aryl methyl sites for hydroxylation is 1. The summed E-state index contributed by atoms with van der Waals surface area (Å²) in [4.78, 5) is 13.5. The summed E-state index contributed by atoms with van der Waals surface area (Å²) in [6, 6.07) is 4.77. The fourth-order valence-corrected chi connectivity index (χ4v) is 1.90. The van der Waals surface area contributed by atoms with Gasteiger partial charge in [0.15, 0.2) is 0 Å². The molecule has 0 radical (unpaired) electrons. The van der Waals surface area contributed by atoms with Gasteiger partial charge in [-0.3, -0.25) is 9.48 Å². The van der Waals surface area contributed by atoms with Gasteiger partial charge in [-0.25, -0.2) is 0 Å². The average Bonchev–Trinajstić information content (AvgIpc) is 2.84. The zero-order valence-electron chi connectivity index (χ0n) is 11.6. The maximum Gasteiger partial charge on any atom is 0.416 e. The lowest BCUT2D eigenvalue weighted by atomic mass is 10.1. The molecule has 0 saturated heterocycles. The first kappa shape index (κ1) is 15.1. The second-order valence-corrected chi connectivity index (χ2v) is 4.76. The van der Waals surface area contributed by atoms with Crippen LogP contribution < -0.4 is 0 Å². The number of hydrogen-bond donors (Lipinski definition) is 0. The van der Waals surface area contributed by atoms with E-state index in [9.17, 15) is 18.0 Å². The molecule has 0 N–H and O–H groups in total. The molecular weight excluding hydrogens is 283 g/mol. The van der Waals surface area contributed by atoms with E-state index in [1.807, 2.05) is 0 Å². The first-order valence-electron chi connectivity index (χ1n) is 6.17. The van der Waals surface area contributed by atoms with Crippen molar-refractivity contribution in [1.29, 1.82) is 0 Å². The molecule has 0 aliphatic rings. The van der Waals surface area contributed by atoms with Gasteiger partial charge in [-0.15, -0.1) is 0 Å². The van der Waals surface area contributed by atoms with Gasteiger partial charge in [0.2, 0.25) is 0 Å². The van der Waals surface area contributed by atoms with E-state index in [2.05, 4.69) is 5.10 Å². The Labute approximate surface area is 119 Å². The van der Waals surface area contributed by atoms with Gasteiger partial charge >= 0.3 is 6.18 Å². The van der Waals surface area contributed by atoms with Gasteiger partial charge in [-0.1, -0.05) is 12.1 Å². The summed E-state index contributed by atoms with van der Waals surface area (Å²) in [6.45, 7) is 0.228. The minimum Gasteiger partial charge on any atom is -0.337 e. The predicted molar refractivity (Wildman–Crippen MR) is 70.4 cm³/mol. The van der Waals surface area contributed by atoms with Crippen LogP contribution in [0.2, 0.25) is 0 Å². The van der Waals surface area contributed by atoms with E-state index < -0.39 is 11.7 Å². The van der Waals surface area contributed by atoms with E-state index in [1.54, 1.807) is 20.3 Å². The molecular formula is C14H14F3N3O. The average molecular weight is 297 g/mol. The van der Waals surface area contributed by atoms with Gasteiger partial charge in [0.25, 0.3) is 5.91 Å². The molecule has 7 heteroatoms. The van der Waals surface area contributed by atoms with Crippen molar-refractivity contribution in [1.82, 2.24) is 14.7 Å². The Morgan fingerprint density at radius 2 is 1.90 bits per heavy atom. The van der Waals surface area contributed by atoms with Crippen LogP contribution in [0.1, 0.15) is 21.5 Å². The monoisotopic (exact) mass is 297 g/mol. The molecule has 0 aliphatic heterocycles. The lowest BCUT2D eigenvalue weighted by molar-refractivity contribution is -0.137. The van der Waals surface area contributed by atoms with Crippen molar-refractivity contribution in [3.8, 4) is 0 Å². The van der Waals surface area contributed by atoms with E-state index in [0.29, 0.717) is 11.1 Å². The first-order chi connectivity index (χ1) is 9.77. The second-order valence-electron chi connectivity index (χ2n) is 4.76. The number of aromatic nitrogens is 2.